The van der Waals surface area contributed by atoms with E-state index in [-0.39, 0.29) is 5.91 Å². The number of benzene rings is 1. The number of para-hydroxylation sites is 1. The van der Waals surface area contributed by atoms with Crippen molar-refractivity contribution in [2.45, 2.75) is 32.3 Å². The van der Waals surface area contributed by atoms with Crippen LogP contribution in [0.25, 0.3) is 0 Å². The molecule has 0 radical (unpaired) electrons. The average Bonchev–Trinajstić information content (AvgIpc) is 2.36. The van der Waals surface area contributed by atoms with Gasteiger partial charge in [0.2, 0.25) is 0 Å². The number of nitrogens with zero attached hydrogens (tertiary/aromatic N) is 1. The Morgan fingerprint density at radius 1 is 1.37 bits per heavy atom. The Labute approximate surface area is 114 Å². The highest BCUT2D eigenvalue weighted by atomic mass is 16.3. The molecule has 1 fully saturated rings. The molecular weight excluding hydrogens is 240 g/mol. The zero-order chi connectivity index (χ0) is 13.9. The van der Waals surface area contributed by atoms with Gasteiger partial charge in [-0.15, -0.1) is 0 Å². The first-order valence-electron chi connectivity index (χ1n) is 6.94. The first-order chi connectivity index (χ1) is 9.09. The number of anilines is 1. The van der Waals surface area contributed by atoms with E-state index in [0.717, 1.165) is 25.1 Å². The number of amides is 1. The van der Waals surface area contributed by atoms with E-state index in [2.05, 4.69) is 5.32 Å². The molecule has 4 nitrogen and oxygen atoms in total. The molecule has 2 N–H and O–H groups in total. The molecule has 2 rings (SSSR count). The molecule has 0 saturated carbocycles. The molecule has 19 heavy (non-hydrogen) atoms. The summed E-state index contributed by atoms with van der Waals surface area (Å²) in [6.07, 6.45) is 1.69. The molecule has 4 heteroatoms. The van der Waals surface area contributed by atoms with Gasteiger partial charge < -0.3 is 15.3 Å². The summed E-state index contributed by atoms with van der Waals surface area (Å²) in [7, 11) is 0. The molecule has 1 saturated heterocycles. The van der Waals surface area contributed by atoms with E-state index >= 15 is 0 Å². The second-order valence-corrected chi connectivity index (χ2v) is 5.21. The predicted molar refractivity (Wildman–Crippen MR) is 76.4 cm³/mol. The van der Waals surface area contributed by atoms with Crippen molar-refractivity contribution in [3.05, 3.63) is 29.8 Å². The number of β-amino-alcohol motifs (C(OH)–C–C–N with tert-alkyl or cyclic N) is 1. The van der Waals surface area contributed by atoms with Crippen molar-refractivity contribution in [1.82, 2.24) is 4.90 Å². The number of likely N-dealkylation sites (tertiary alicyclic amines) is 1. The van der Waals surface area contributed by atoms with Gasteiger partial charge in [0.15, 0.2) is 0 Å². The Hall–Kier alpha value is -1.55. The van der Waals surface area contributed by atoms with E-state index in [1.807, 2.05) is 38.1 Å². The first-order valence-corrected chi connectivity index (χ1v) is 6.94. The third-order valence-corrected chi connectivity index (χ3v) is 3.50. The van der Waals surface area contributed by atoms with Gasteiger partial charge in [0.1, 0.15) is 0 Å². The van der Waals surface area contributed by atoms with Crippen molar-refractivity contribution in [2.24, 2.45) is 0 Å². The summed E-state index contributed by atoms with van der Waals surface area (Å²) < 4.78 is 0. The van der Waals surface area contributed by atoms with Gasteiger partial charge in [0.05, 0.1) is 24.3 Å². The van der Waals surface area contributed by atoms with Gasteiger partial charge in [-0.1, -0.05) is 25.5 Å². The van der Waals surface area contributed by atoms with Crippen LogP contribution in [-0.4, -0.2) is 41.1 Å². The first kappa shape index (κ1) is 13.9. The summed E-state index contributed by atoms with van der Waals surface area (Å²) in [6, 6.07) is 7.52. The third-order valence-electron chi connectivity index (χ3n) is 3.50. The van der Waals surface area contributed by atoms with Gasteiger partial charge in [0.25, 0.3) is 5.91 Å². The lowest BCUT2D eigenvalue weighted by Gasteiger charge is -2.46. The Morgan fingerprint density at radius 2 is 2.05 bits per heavy atom. The van der Waals surface area contributed by atoms with Gasteiger partial charge in [-0.3, -0.25) is 4.79 Å². The number of hydrogen-bond acceptors (Lipinski definition) is 3. The summed E-state index contributed by atoms with van der Waals surface area (Å²) >= 11 is 0. The molecular formula is C15H22N2O2. The molecule has 0 atom stereocenters. The fourth-order valence-corrected chi connectivity index (χ4v) is 2.62. The number of rotatable bonds is 5. The van der Waals surface area contributed by atoms with Gasteiger partial charge in [-0.25, -0.2) is 0 Å². The van der Waals surface area contributed by atoms with Crippen molar-refractivity contribution >= 4 is 11.6 Å². The lowest BCUT2D eigenvalue weighted by atomic mass is 9.88. The summed E-state index contributed by atoms with van der Waals surface area (Å²) in [4.78, 5) is 14.1. The zero-order valence-corrected chi connectivity index (χ0v) is 11.6. The van der Waals surface area contributed by atoms with Crippen molar-refractivity contribution < 1.29 is 9.90 Å². The summed E-state index contributed by atoms with van der Waals surface area (Å²) in [5.74, 6) is -0.00247. The van der Waals surface area contributed by atoms with Crippen LogP contribution in [0.5, 0.6) is 0 Å². The molecule has 104 valence electrons. The average molecular weight is 262 g/mol. The number of carbonyl (C=O) groups is 1. The molecule has 1 aromatic carbocycles. The molecule has 0 unspecified atom stereocenters. The minimum Gasteiger partial charge on any atom is -0.386 e. The highest BCUT2D eigenvalue weighted by Gasteiger charge is 2.43. The molecule has 0 spiro atoms. The Kier molecular flexibility index (Phi) is 4.10. The summed E-state index contributed by atoms with van der Waals surface area (Å²) in [5, 5.41) is 13.3. The Morgan fingerprint density at radius 3 is 2.68 bits per heavy atom. The predicted octanol–water partition coefficient (Wildman–Crippen LogP) is 2.11. The van der Waals surface area contributed by atoms with Crippen LogP contribution in [0.1, 0.15) is 37.0 Å². The van der Waals surface area contributed by atoms with Crippen molar-refractivity contribution in [2.75, 3.05) is 25.0 Å². The van der Waals surface area contributed by atoms with Gasteiger partial charge in [-0.05, 0) is 25.5 Å². The maximum Gasteiger partial charge on any atom is 0.256 e. The van der Waals surface area contributed by atoms with E-state index in [0.29, 0.717) is 18.7 Å². The van der Waals surface area contributed by atoms with Crippen LogP contribution in [0.3, 0.4) is 0 Å². The van der Waals surface area contributed by atoms with Crippen LogP contribution >= 0.6 is 0 Å². The standard InChI is InChI=1S/C15H22N2O2/c1-3-9-15(19)10-17(11-15)14(18)12-7-5-6-8-13(12)16-4-2/h5-8,16,19H,3-4,9-11H2,1-2H3. The van der Waals surface area contributed by atoms with Crippen LogP contribution in [0.15, 0.2) is 24.3 Å². The highest BCUT2D eigenvalue weighted by Crippen LogP contribution is 2.28. The van der Waals surface area contributed by atoms with Gasteiger partial charge in [0, 0.05) is 12.2 Å². The lowest BCUT2D eigenvalue weighted by molar-refractivity contribution is -0.0859. The molecule has 1 aliphatic heterocycles. The van der Waals surface area contributed by atoms with Crippen LogP contribution in [-0.2, 0) is 0 Å². The maximum absolute atomic E-state index is 12.4. The molecule has 1 amide bonds. The molecule has 0 aliphatic carbocycles. The Balaban J connectivity index is 2.06. The molecule has 0 aromatic heterocycles. The van der Waals surface area contributed by atoms with Crippen molar-refractivity contribution in [3.63, 3.8) is 0 Å². The van der Waals surface area contributed by atoms with Crippen LogP contribution < -0.4 is 5.32 Å². The largest absolute Gasteiger partial charge is 0.386 e. The van der Waals surface area contributed by atoms with E-state index in [9.17, 15) is 9.90 Å². The molecule has 1 heterocycles. The number of aliphatic hydroxyl groups is 1. The van der Waals surface area contributed by atoms with Crippen molar-refractivity contribution in [1.29, 1.82) is 0 Å². The fourth-order valence-electron chi connectivity index (χ4n) is 2.62. The van der Waals surface area contributed by atoms with Crippen LogP contribution in [0, 0.1) is 0 Å². The van der Waals surface area contributed by atoms with E-state index in [4.69, 9.17) is 0 Å². The number of nitrogens with one attached hydrogen (secondary N) is 1. The fraction of sp³-hybridized carbons (Fsp3) is 0.533. The number of hydrogen-bond donors (Lipinski definition) is 2. The summed E-state index contributed by atoms with van der Waals surface area (Å²) in [5.41, 5.74) is 0.876. The Bertz CT molecular complexity index is 453. The third kappa shape index (κ3) is 2.89. The lowest BCUT2D eigenvalue weighted by Crippen LogP contribution is -2.63. The quantitative estimate of drug-likeness (QED) is 0.854. The molecule has 0 bridgehead atoms. The second kappa shape index (κ2) is 5.61. The van der Waals surface area contributed by atoms with Crippen LogP contribution in [0.4, 0.5) is 5.69 Å². The monoisotopic (exact) mass is 262 g/mol. The van der Waals surface area contributed by atoms with Gasteiger partial charge >= 0.3 is 0 Å². The second-order valence-electron chi connectivity index (χ2n) is 5.21. The van der Waals surface area contributed by atoms with Crippen LogP contribution in [0.2, 0.25) is 0 Å². The van der Waals surface area contributed by atoms with E-state index in [1.165, 1.54) is 0 Å². The number of carbonyl (C=O) groups excluding carboxylic acids is 1. The molecule has 1 aliphatic rings. The topological polar surface area (TPSA) is 52.6 Å². The minimum absolute atomic E-state index is 0.00247. The zero-order valence-electron chi connectivity index (χ0n) is 11.6. The molecule has 1 aromatic rings. The maximum atomic E-state index is 12.4. The summed E-state index contributed by atoms with van der Waals surface area (Å²) in [6.45, 7) is 5.72. The smallest absolute Gasteiger partial charge is 0.256 e. The van der Waals surface area contributed by atoms with E-state index < -0.39 is 5.60 Å². The highest BCUT2D eigenvalue weighted by molar-refractivity contribution is 6.00. The van der Waals surface area contributed by atoms with Gasteiger partial charge in [-0.2, -0.15) is 0 Å². The minimum atomic E-state index is -0.669. The normalized spacial score (nSPS) is 16.9. The van der Waals surface area contributed by atoms with E-state index in [1.54, 1.807) is 4.90 Å². The van der Waals surface area contributed by atoms with Crippen molar-refractivity contribution in [3.8, 4) is 0 Å². The SMILES string of the molecule is CCCC1(O)CN(C(=O)c2ccccc2NCC)C1.